The van der Waals surface area contributed by atoms with Crippen LogP contribution in [0.25, 0.3) is 33.3 Å². The molecule has 2 aromatic heterocycles. The first-order valence-electron chi connectivity index (χ1n) is 15.2. The van der Waals surface area contributed by atoms with Crippen LogP contribution >= 0.6 is 0 Å². The van der Waals surface area contributed by atoms with Gasteiger partial charge in [0.25, 0.3) is 0 Å². The van der Waals surface area contributed by atoms with Crippen LogP contribution in [-0.4, -0.2) is 75.4 Å². The SMILES string of the molecule is Oc1ccc(-c2ccccc2)c(-c2ncc3c(N4C[C@H]5CC[C@@H](C4)N5)nc(OCC45CCCN4CCC5)nc3c2F)c1. The van der Waals surface area contributed by atoms with Crippen LogP contribution < -0.4 is 15.0 Å². The first kappa shape index (κ1) is 25.9. The second-order valence-electron chi connectivity index (χ2n) is 12.4. The molecule has 0 aliphatic carbocycles. The minimum absolute atomic E-state index is 0.0285. The minimum atomic E-state index is -0.539. The zero-order valence-electron chi connectivity index (χ0n) is 23.6. The molecule has 4 aromatic rings. The lowest BCUT2D eigenvalue weighted by molar-refractivity contribution is 0.108. The highest BCUT2D eigenvalue weighted by molar-refractivity contribution is 5.94. The zero-order valence-corrected chi connectivity index (χ0v) is 23.6. The van der Waals surface area contributed by atoms with Crippen molar-refractivity contribution < 1.29 is 14.2 Å². The monoisotopic (exact) mass is 566 g/mol. The van der Waals surface area contributed by atoms with Gasteiger partial charge in [0.15, 0.2) is 5.82 Å². The summed E-state index contributed by atoms with van der Waals surface area (Å²) in [7, 11) is 0. The molecule has 0 radical (unpaired) electrons. The molecule has 2 aromatic carbocycles. The third kappa shape index (κ3) is 4.37. The molecule has 8 rings (SSSR count). The summed E-state index contributed by atoms with van der Waals surface area (Å²) in [5.41, 5.74) is 2.57. The van der Waals surface area contributed by atoms with Gasteiger partial charge in [-0.1, -0.05) is 36.4 Å². The third-order valence-electron chi connectivity index (χ3n) is 9.78. The smallest absolute Gasteiger partial charge is 0.319 e. The average molecular weight is 567 g/mol. The number of aromatic nitrogens is 3. The van der Waals surface area contributed by atoms with Crippen molar-refractivity contribution in [1.82, 2.24) is 25.2 Å². The average Bonchev–Trinajstić information content (AvgIpc) is 3.70. The van der Waals surface area contributed by atoms with Gasteiger partial charge in [-0.15, -0.1) is 0 Å². The van der Waals surface area contributed by atoms with Crippen LogP contribution in [0, 0.1) is 5.82 Å². The predicted octanol–water partition coefficient (Wildman–Crippen LogP) is 5.15. The van der Waals surface area contributed by atoms with Crippen molar-refractivity contribution in [3.05, 3.63) is 60.5 Å². The van der Waals surface area contributed by atoms with E-state index >= 15 is 4.39 Å². The van der Waals surface area contributed by atoms with E-state index in [0.29, 0.717) is 35.5 Å². The first-order valence-corrected chi connectivity index (χ1v) is 15.2. The standard InChI is InChI=1S/C33H35FN6O2/c34-28-29(26-16-24(41)10-11-25(26)21-6-2-1-3-7-21)35-17-27-30(28)37-32(42-20-33-12-4-14-40(33)15-5-13-33)38-31(27)39-18-22-8-9-23(19-39)36-22/h1-3,6-7,10-11,16-17,22-23,36,41H,4-5,8-9,12-15,18-20H2/t22-,23+. The fraction of sp³-hybridized carbons (Fsp3) is 0.424. The molecule has 4 aliphatic heterocycles. The molecule has 4 saturated heterocycles. The number of anilines is 1. The van der Waals surface area contributed by atoms with Crippen molar-refractivity contribution in [2.45, 2.75) is 56.1 Å². The highest BCUT2D eigenvalue weighted by atomic mass is 19.1. The molecule has 2 atom stereocenters. The Bertz CT molecular complexity index is 1630. The number of hydrogen-bond donors (Lipinski definition) is 2. The minimum Gasteiger partial charge on any atom is -0.508 e. The number of hydrogen-bond acceptors (Lipinski definition) is 8. The molecule has 0 spiro atoms. The molecule has 0 amide bonds. The maximum Gasteiger partial charge on any atom is 0.319 e. The molecular formula is C33H35FN6O2. The van der Waals surface area contributed by atoms with Gasteiger partial charge in [0, 0.05) is 36.9 Å². The van der Waals surface area contributed by atoms with Crippen LogP contribution in [0.5, 0.6) is 11.8 Å². The fourth-order valence-corrected chi connectivity index (χ4v) is 7.74. The van der Waals surface area contributed by atoms with Gasteiger partial charge in [-0.05, 0) is 74.9 Å². The highest BCUT2D eigenvalue weighted by Gasteiger charge is 2.45. The van der Waals surface area contributed by atoms with Gasteiger partial charge in [0.05, 0.1) is 10.9 Å². The Hall–Kier alpha value is -3.82. The Morgan fingerprint density at radius 1 is 0.976 bits per heavy atom. The Morgan fingerprint density at radius 3 is 2.50 bits per heavy atom. The molecule has 4 fully saturated rings. The molecule has 42 heavy (non-hydrogen) atoms. The van der Waals surface area contributed by atoms with Crippen molar-refractivity contribution in [2.24, 2.45) is 0 Å². The number of rotatable bonds is 6. The number of pyridine rings is 1. The summed E-state index contributed by atoms with van der Waals surface area (Å²) in [5.74, 6) is 0.188. The third-order valence-corrected chi connectivity index (χ3v) is 9.78. The molecule has 4 aliphatic rings. The van der Waals surface area contributed by atoms with E-state index in [0.717, 1.165) is 63.0 Å². The molecule has 2 bridgehead atoms. The van der Waals surface area contributed by atoms with E-state index < -0.39 is 5.82 Å². The summed E-state index contributed by atoms with van der Waals surface area (Å²) in [6, 6.07) is 15.7. The predicted molar refractivity (Wildman–Crippen MR) is 160 cm³/mol. The lowest BCUT2D eigenvalue weighted by Crippen LogP contribution is -2.51. The number of phenols is 1. The Morgan fingerprint density at radius 2 is 1.74 bits per heavy atom. The number of fused-ring (bicyclic) bond motifs is 4. The van der Waals surface area contributed by atoms with Gasteiger partial charge in [0.1, 0.15) is 29.4 Å². The molecular weight excluding hydrogens is 531 g/mol. The van der Waals surface area contributed by atoms with Crippen molar-refractivity contribution in [3.63, 3.8) is 0 Å². The summed E-state index contributed by atoms with van der Waals surface area (Å²) < 4.78 is 23.1. The van der Waals surface area contributed by atoms with Crippen LogP contribution in [-0.2, 0) is 0 Å². The van der Waals surface area contributed by atoms with Gasteiger partial charge in [0.2, 0.25) is 0 Å². The molecule has 6 heterocycles. The second kappa shape index (κ2) is 10.2. The summed E-state index contributed by atoms with van der Waals surface area (Å²) in [5, 5.41) is 14.6. The Balaban J connectivity index is 1.24. The maximum atomic E-state index is 16.7. The van der Waals surface area contributed by atoms with Gasteiger partial charge >= 0.3 is 6.01 Å². The first-order chi connectivity index (χ1) is 20.6. The van der Waals surface area contributed by atoms with Gasteiger partial charge < -0.3 is 20.1 Å². The van der Waals surface area contributed by atoms with Gasteiger partial charge in [-0.2, -0.15) is 9.97 Å². The summed E-state index contributed by atoms with van der Waals surface area (Å²) >= 11 is 0. The van der Waals surface area contributed by atoms with E-state index in [-0.39, 0.29) is 28.5 Å². The van der Waals surface area contributed by atoms with E-state index in [2.05, 4.69) is 20.1 Å². The lowest BCUT2D eigenvalue weighted by atomic mass is 9.95. The molecule has 0 unspecified atom stereocenters. The number of nitrogens with one attached hydrogen (secondary N) is 1. The van der Waals surface area contributed by atoms with E-state index in [1.54, 1.807) is 24.4 Å². The lowest BCUT2D eigenvalue weighted by Gasteiger charge is -2.34. The van der Waals surface area contributed by atoms with Crippen LogP contribution in [0.2, 0.25) is 0 Å². The molecule has 216 valence electrons. The quantitative estimate of drug-likeness (QED) is 0.332. The number of aromatic hydroxyl groups is 1. The molecule has 9 heteroatoms. The van der Waals surface area contributed by atoms with Crippen molar-refractivity contribution in [3.8, 4) is 34.1 Å². The molecule has 0 saturated carbocycles. The Kier molecular flexibility index (Phi) is 6.26. The van der Waals surface area contributed by atoms with Gasteiger partial charge in [-0.3, -0.25) is 9.88 Å². The number of benzene rings is 2. The molecule has 8 nitrogen and oxygen atoms in total. The Labute approximate surface area is 244 Å². The van der Waals surface area contributed by atoms with Gasteiger partial charge in [-0.25, -0.2) is 4.39 Å². The topological polar surface area (TPSA) is 86.6 Å². The number of ether oxygens (including phenoxy) is 1. The number of nitrogens with zero attached hydrogens (tertiary/aromatic N) is 5. The van der Waals surface area contributed by atoms with E-state index in [1.165, 1.54) is 12.8 Å². The van der Waals surface area contributed by atoms with Crippen LogP contribution in [0.3, 0.4) is 0 Å². The van der Waals surface area contributed by atoms with Crippen molar-refractivity contribution in [2.75, 3.05) is 37.7 Å². The van der Waals surface area contributed by atoms with E-state index in [1.807, 2.05) is 30.3 Å². The normalized spacial score (nSPS) is 23.0. The fourth-order valence-electron chi connectivity index (χ4n) is 7.74. The molecule has 2 N–H and O–H groups in total. The number of piperazine rings is 1. The maximum absolute atomic E-state index is 16.7. The van der Waals surface area contributed by atoms with Crippen molar-refractivity contribution >= 4 is 16.7 Å². The highest BCUT2D eigenvalue weighted by Crippen LogP contribution is 2.41. The van der Waals surface area contributed by atoms with Crippen LogP contribution in [0.15, 0.2) is 54.7 Å². The second-order valence-corrected chi connectivity index (χ2v) is 12.4. The summed E-state index contributed by atoms with van der Waals surface area (Å²) in [6.07, 6.45) is 8.50. The summed E-state index contributed by atoms with van der Waals surface area (Å²) in [4.78, 5) is 19.0. The van der Waals surface area contributed by atoms with Crippen LogP contribution in [0.1, 0.15) is 38.5 Å². The van der Waals surface area contributed by atoms with Crippen molar-refractivity contribution in [1.29, 1.82) is 0 Å². The summed E-state index contributed by atoms with van der Waals surface area (Å²) in [6.45, 7) is 4.32. The number of phenolic OH excluding ortho intramolecular Hbond substituents is 1. The van der Waals surface area contributed by atoms with Crippen LogP contribution in [0.4, 0.5) is 10.2 Å². The van der Waals surface area contributed by atoms with E-state index in [4.69, 9.17) is 14.7 Å². The zero-order chi connectivity index (χ0) is 28.3. The van der Waals surface area contributed by atoms with E-state index in [9.17, 15) is 5.11 Å². The largest absolute Gasteiger partial charge is 0.508 e. The number of halogens is 1.